The summed E-state index contributed by atoms with van der Waals surface area (Å²) in [5.74, 6) is 6.14. The van der Waals surface area contributed by atoms with Gasteiger partial charge < -0.3 is 20.4 Å². The Hall–Kier alpha value is -3.43. The third-order valence-electron chi connectivity index (χ3n) is 9.20. The Morgan fingerprint density at radius 3 is 1.93 bits per heavy atom. The molecular weight excluding hydrogens is 560 g/mol. The van der Waals surface area contributed by atoms with Crippen molar-refractivity contribution in [2.24, 2.45) is 16.2 Å². The second-order valence-corrected chi connectivity index (χ2v) is 14.1. The van der Waals surface area contributed by atoms with E-state index in [0.717, 1.165) is 22.3 Å². The maximum absolute atomic E-state index is 13.0. The van der Waals surface area contributed by atoms with Gasteiger partial charge in [-0.1, -0.05) is 118 Å². The quantitative estimate of drug-likeness (QED) is 0.0863. The second-order valence-electron chi connectivity index (χ2n) is 14.1. The van der Waals surface area contributed by atoms with Gasteiger partial charge in [0.15, 0.2) is 5.78 Å². The van der Waals surface area contributed by atoms with Crippen LogP contribution in [0.4, 0.5) is 0 Å². The van der Waals surface area contributed by atoms with Crippen molar-refractivity contribution in [3.8, 4) is 11.8 Å². The molecule has 0 aromatic rings. The summed E-state index contributed by atoms with van der Waals surface area (Å²) in [7, 11) is 0. The van der Waals surface area contributed by atoms with Crippen LogP contribution in [-0.2, 0) is 4.79 Å². The van der Waals surface area contributed by atoms with Crippen molar-refractivity contribution in [2.75, 3.05) is 6.61 Å². The van der Waals surface area contributed by atoms with Gasteiger partial charge in [-0.25, -0.2) is 0 Å². The standard InChI is InChI=1S/C40H54O5/c1-28(16-12-18-30(3)36(44)23-37(45)40(9)26-34(43)25-39(40,7)8)14-10-11-15-29(2)17-13-19-32(27-41)20-21-35-31(4)22-33(42)24-38(35,5)6/h10-19,23,33-34,41-44H,22,24-27H2,1-9H3/b11-10+,16-12+,17-13+,28-14+,29-15+,30-18+,32-19-,36-23-/t33-,34+,40+/m1/s1. The summed E-state index contributed by atoms with van der Waals surface area (Å²) >= 11 is 0. The molecule has 0 radical (unpaired) electrons. The van der Waals surface area contributed by atoms with Crippen LogP contribution in [0.5, 0.6) is 0 Å². The highest BCUT2D eigenvalue weighted by Crippen LogP contribution is 2.53. The monoisotopic (exact) mass is 614 g/mol. The molecule has 1 fully saturated rings. The molecule has 0 aliphatic heterocycles. The predicted molar refractivity (Wildman–Crippen MR) is 186 cm³/mol. The van der Waals surface area contributed by atoms with E-state index in [1.54, 1.807) is 13.0 Å². The van der Waals surface area contributed by atoms with Crippen molar-refractivity contribution in [2.45, 2.75) is 100 Å². The molecule has 0 unspecified atom stereocenters. The molecule has 0 heterocycles. The third-order valence-corrected chi connectivity index (χ3v) is 9.20. The van der Waals surface area contributed by atoms with Crippen LogP contribution in [0.25, 0.3) is 0 Å². The van der Waals surface area contributed by atoms with Crippen LogP contribution in [0.3, 0.4) is 0 Å². The largest absolute Gasteiger partial charge is 0.508 e. The summed E-state index contributed by atoms with van der Waals surface area (Å²) in [4.78, 5) is 13.0. The first kappa shape index (κ1) is 37.8. The van der Waals surface area contributed by atoms with Gasteiger partial charge in [0.25, 0.3) is 0 Å². The molecule has 0 aromatic heterocycles. The molecule has 0 bridgehead atoms. The number of hydrogen-bond donors (Lipinski definition) is 4. The lowest BCUT2D eigenvalue weighted by Gasteiger charge is -2.35. The van der Waals surface area contributed by atoms with E-state index in [4.69, 9.17) is 0 Å². The van der Waals surface area contributed by atoms with E-state index >= 15 is 0 Å². The Balaban J connectivity index is 1.98. The maximum Gasteiger partial charge on any atom is 0.165 e. The number of hydrogen-bond acceptors (Lipinski definition) is 5. The fraction of sp³-hybridized carbons (Fsp3) is 0.475. The van der Waals surface area contributed by atoms with Crippen LogP contribution >= 0.6 is 0 Å². The van der Waals surface area contributed by atoms with Crippen molar-refractivity contribution in [1.82, 2.24) is 0 Å². The minimum Gasteiger partial charge on any atom is -0.508 e. The molecule has 244 valence electrons. The van der Waals surface area contributed by atoms with Gasteiger partial charge in [0.05, 0.1) is 18.8 Å². The number of ketones is 1. The molecule has 5 nitrogen and oxygen atoms in total. The molecule has 4 N–H and O–H groups in total. The first-order chi connectivity index (χ1) is 20.9. The van der Waals surface area contributed by atoms with Gasteiger partial charge in [0.2, 0.25) is 0 Å². The molecule has 3 atom stereocenters. The summed E-state index contributed by atoms with van der Waals surface area (Å²) in [5.41, 5.74) is 4.18. The number of aliphatic hydroxyl groups excluding tert-OH is 4. The highest BCUT2D eigenvalue weighted by molar-refractivity contribution is 5.96. The number of carbonyl (C=O) groups is 1. The Morgan fingerprint density at radius 2 is 1.42 bits per heavy atom. The fourth-order valence-corrected chi connectivity index (χ4v) is 6.09. The molecule has 0 spiro atoms. The molecule has 2 aliphatic carbocycles. The molecular formula is C40H54O5. The summed E-state index contributed by atoms with van der Waals surface area (Å²) in [6.45, 7) is 17.6. The summed E-state index contributed by atoms with van der Waals surface area (Å²) in [6.07, 6.45) is 21.8. The minimum atomic E-state index is -0.714. The van der Waals surface area contributed by atoms with Crippen molar-refractivity contribution < 1.29 is 25.2 Å². The van der Waals surface area contributed by atoms with Crippen molar-refractivity contribution in [3.05, 3.63) is 106 Å². The summed E-state index contributed by atoms with van der Waals surface area (Å²) in [5, 5.41) is 40.5. The molecule has 45 heavy (non-hydrogen) atoms. The zero-order valence-electron chi connectivity index (χ0n) is 28.7. The van der Waals surface area contributed by atoms with E-state index in [1.165, 1.54) is 6.08 Å². The van der Waals surface area contributed by atoms with Crippen LogP contribution in [0.1, 0.15) is 88.0 Å². The highest BCUT2D eigenvalue weighted by Gasteiger charge is 2.53. The SMILES string of the molecule is CC1=C(C#C/C(=C/C=C/C(C)=C/C=C/C=C(C)/C=C/C=C(C)/C(O)=C/C(=O)[C@]2(C)C[C@@H](O)CC2(C)C)CO)C(C)(C)C[C@H](O)C1. The van der Waals surface area contributed by atoms with Gasteiger partial charge >= 0.3 is 0 Å². The molecule has 2 aliphatic rings. The first-order valence-corrected chi connectivity index (χ1v) is 15.8. The van der Waals surface area contributed by atoms with Crippen molar-refractivity contribution in [3.63, 3.8) is 0 Å². The van der Waals surface area contributed by atoms with Crippen LogP contribution in [-0.4, -0.2) is 45.0 Å². The lowest BCUT2D eigenvalue weighted by Crippen LogP contribution is -2.36. The van der Waals surface area contributed by atoms with E-state index in [1.807, 2.05) is 96.2 Å². The van der Waals surface area contributed by atoms with Crippen molar-refractivity contribution in [1.29, 1.82) is 0 Å². The minimum absolute atomic E-state index is 0.0624. The maximum atomic E-state index is 13.0. The van der Waals surface area contributed by atoms with E-state index in [2.05, 4.69) is 25.7 Å². The Morgan fingerprint density at radius 1 is 0.844 bits per heavy atom. The van der Waals surface area contributed by atoms with Crippen LogP contribution in [0.2, 0.25) is 0 Å². The van der Waals surface area contributed by atoms with Gasteiger partial charge in [0, 0.05) is 28.1 Å². The highest BCUT2D eigenvalue weighted by atomic mass is 16.3. The molecule has 5 heteroatoms. The zero-order valence-corrected chi connectivity index (χ0v) is 28.7. The topological polar surface area (TPSA) is 98.0 Å². The fourth-order valence-electron chi connectivity index (χ4n) is 6.09. The number of carbonyl (C=O) groups excluding carboxylic acids is 1. The van der Waals surface area contributed by atoms with Crippen molar-refractivity contribution >= 4 is 5.78 Å². The lowest BCUT2D eigenvalue weighted by atomic mass is 9.66. The average molecular weight is 615 g/mol. The lowest BCUT2D eigenvalue weighted by molar-refractivity contribution is -0.127. The Labute approximate surface area is 271 Å². The smallest absolute Gasteiger partial charge is 0.165 e. The molecule has 0 aromatic carbocycles. The number of aliphatic hydroxyl groups is 4. The van der Waals surface area contributed by atoms with E-state index in [0.29, 0.717) is 36.8 Å². The summed E-state index contributed by atoms with van der Waals surface area (Å²) < 4.78 is 0. The van der Waals surface area contributed by atoms with Gasteiger partial charge in [-0.2, -0.15) is 0 Å². The normalized spacial score (nSPS) is 26.7. The average Bonchev–Trinajstić information content (AvgIpc) is 3.14. The Bertz CT molecular complexity index is 1440. The van der Waals surface area contributed by atoms with E-state index < -0.39 is 11.5 Å². The van der Waals surface area contributed by atoms with Crippen LogP contribution < -0.4 is 0 Å². The number of rotatable bonds is 10. The second kappa shape index (κ2) is 16.2. The molecule has 0 saturated heterocycles. The third kappa shape index (κ3) is 10.9. The molecule has 1 saturated carbocycles. The zero-order chi connectivity index (χ0) is 34.0. The predicted octanol–water partition coefficient (Wildman–Crippen LogP) is 8.11. The van der Waals surface area contributed by atoms with E-state index in [9.17, 15) is 25.2 Å². The van der Waals surface area contributed by atoms with Gasteiger partial charge in [-0.05, 0) is 70.4 Å². The molecule has 0 amide bonds. The summed E-state index contributed by atoms with van der Waals surface area (Å²) in [6, 6.07) is 0. The van der Waals surface area contributed by atoms with Gasteiger partial charge in [0.1, 0.15) is 5.76 Å². The van der Waals surface area contributed by atoms with E-state index in [-0.39, 0.29) is 35.1 Å². The Kier molecular flexibility index (Phi) is 13.6. The number of allylic oxidation sites excluding steroid dienone is 15. The van der Waals surface area contributed by atoms with Gasteiger partial charge in [-0.3, -0.25) is 4.79 Å². The van der Waals surface area contributed by atoms with Gasteiger partial charge in [-0.15, -0.1) is 0 Å². The van der Waals surface area contributed by atoms with Crippen LogP contribution in [0, 0.1) is 28.1 Å². The first-order valence-electron chi connectivity index (χ1n) is 15.8. The van der Waals surface area contributed by atoms with Crippen LogP contribution in [0.15, 0.2) is 106 Å². The molecule has 2 rings (SSSR count).